The zero-order valence-electron chi connectivity index (χ0n) is 15.2. The zero-order chi connectivity index (χ0) is 18.6. The highest BCUT2D eigenvalue weighted by Gasteiger charge is 2.34. The van der Waals surface area contributed by atoms with Gasteiger partial charge < -0.3 is 10.1 Å². The quantitative estimate of drug-likeness (QED) is 0.657. The highest BCUT2D eigenvalue weighted by molar-refractivity contribution is 6.04. The van der Waals surface area contributed by atoms with Gasteiger partial charge in [-0.3, -0.25) is 14.4 Å². The largest absolute Gasteiger partial charge is 0.492 e. The molecule has 2 unspecified atom stereocenters. The molecule has 1 fully saturated rings. The summed E-state index contributed by atoms with van der Waals surface area (Å²) in [5.41, 5.74) is 2.61. The summed E-state index contributed by atoms with van der Waals surface area (Å²) >= 11 is 0. The minimum Gasteiger partial charge on any atom is -0.492 e. The molecule has 1 saturated heterocycles. The third-order valence-corrected chi connectivity index (χ3v) is 4.56. The molecule has 2 heterocycles. The van der Waals surface area contributed by atoms with Crippen LogP contribution in [0.3, 0.4) is 0 Å². The molecule has 1 amide bonds. The third kappa shape index (κ3) is 4.54. The minimum absolute atomic E-state index is 0.127. The van der Waals surface area contributed by atoms with Crippen molar-refractivity contribution in [3.05, 3.63) is 78.1 Å². The molecule has 1 aliphatic rings. The van der Waals surface area contributed by atoms with Crippen LogP contribution in [-0.2, 0) is 13.6 Å². The van der Waals surface area contributed by atoms with Crippen LogP contribution >= 0.6 is 0 Å². The number of hydrogen-bond acceptors (Lipinski definition) is 4. The van der Waals surface area contributed by atoms with Crippen LogP contribution in [0.2, 0.25) is 0 Å². The summed E-state index contributed by atoms with van der Waals surface area (Å²) in [4.78, 5) is 14.6. The van der Waals surface area contributed by atoms with Crippen molar-refractivity contribution in [2.75, 3.05) is 18.5 Å². The van der Waals surface area contributed by atoms with E-state index in [-0.39, 0.29) is 5.91 Å². The van der Waals surface area contributed by atoms with Gasteiger partial charge in [0, 0.05) is 43.1 Å². The average Bonchev–Trinajstić information content (AvgIpc) is 3.30. The van der Waals surface area contributed by atoms with E-state index >= 15 is 0 Å². The molecule has 0 radical (unpaired) electrons. The van der Waals surface area contributed by atoms with Crippen LogP contribution in [0.1, 0.15) is 15.9 Å². The maximum absolute atomic E-state index is 12.3. The summed E-state index contributed by atoms with van der Waals surface area (Å²) in [6, 6.07) is 17.1. The van der Waals surface area contributed by atoms with Crippen molar-refractivity contribution < 1.29 is 9.53 Å². The summed E-state index contributed by atoms with van der Waals surface area (Å²) in [6.45, 7) is 2.59. The van der Waals surface area contributed by atoms with Crippen LogP contribution in [-0.4, -0.2) is 39.8 Å². The van der Waals surface area contributed by atoms with E-state index in [1.54, 1.807) is 12.1 Å². The lowest BCUT2D eigenvalue weighted by molar-refractivity contribution is 0.102. The van der Waals surface area contributed by atoms with Gasteiger partial charge in [0.2, 0.25) is 0 Å². The molecule has 138 valence electrons. The molecule has 6 nitrogen and oxygen atoms in total. The lowest BCUT2D eigenvalue weighted by atomic mass is 10.2. The molecule has 0 spiro atoms. The van der Waals surface area contributed by atoms with Crippen molar-refractivity contribution in [3.8, 4) is 5.75 Å². The van der Waals surface area contributed by atoms with Crippen LogP contribution in [0.15, 0.2) is 67.0 Å². The molecule has 1 N–H and O–H groups in total. The third-order valence-electron chi connectivity index (χ3n) is 4.56. The first kappa shape index (κ1) is 17.3. The molecule has 1 aromatic heterocycles. The van der Waals surface area contributed by atoms with E-state index in [2.05, 4.69) is 15.3 Å². The number of nitrogens with one attached hydrogen (secondary N) is 1. The fraction of sp³-hybridized carbons (Fsp3) is 0.238. The highest BCUT2D eigenvalue weighted by atomic mass is 16.5. The van der Waals surface area contributed by atoms with Gasteiger partial charge in [-0.2, -0.15) is 5.10 Å². The van der Waals surface area contributed by atoms with Gasteiger partial charge >= 0.3 is 0 Å². The van der Waals surface area contributed by atoms with Crippen molar-refractivity contribution in [2.24, 2.45) is 7.05 Å². The maximum atomic E-state index is 12.3. The second-order valence-electron chi connectivity index (χ2n) is 6.76. The smallest absolute Gasteiger partial charge is 0.255 e. The fourth-order valence-electron chi connectivity index (χ4n) is 2.98. The van der Waals surface area contributed by atoms with Crippen molar-refractivity contribution in [1.29, 1.82) is 0 Å². The van der Waals surface area contributed by atoms with Gasteiger partial charge in [0.15, 0.2) is 0 Å². The Bertz CT molecular complexity index is 905. The van der Waals surface area contributed by atoms with Gasteiger partial charge in [-0.15, -0.1) is 0 Å². The number of carbonyl (C=O) groups is 1. The zero-order valence-corrected chi connectivity index (χ0v) is 15.2. The van der Waals surface area contributed by atoms with Crippen molar-refractivity contribution in [1.82, 2.24) is 14.7 Å². The second kappa shape index (κ2) is 7.63. The molecular formula is C21H22N4O2. The van der Waals surface area contributed by atoms with Crippen LogP contribution < -0.4 is 10.1 Å². The second-order valence-corrected chi connectivity index (χ2v) is 6.76. The summed E-state index contributed by atoms with van der Waals surface area (Å²) in [5, 5.41) is 7.07. The molecule has 2 aromatic carbocycles. The number of amides is 1. The number of ether oxygens (including phenoxy) is 1. The Labute approximate surface area is 158 Å². The molecule has 3 aromatic rings. The topological polar surface area (TPSA) is 59.2 Å². The molecule has 2 atom stereocenters. The summed E-state index contributed by atoms with van der Waals surface area (Å²) in [6.07, 6.45) is 3.94. The predicted octanol–water partition coefficient (Wildman–Crippen LogP) is 2.94. The summed E-state index contributed by atoms with van der Waals surface area (Å²) in [5.74, 6) is 0.650. The minimum atomic E-state index is -0.127. The van der Waals surface area contributed by atoms with Gasteiger partial charge in [0.05, 0.1) is 12.2 Å². The Balaban J connectivity index is 1.24. The van der Waals surface area contributed by atoms with E-state index in [1.165, 1.54) is 5.56 Å². The number of benzene rings is 2. The van der Waals surface area contributed by atoms with E-state index in [1.807, 2.05) is 66.6 Å². The molecular weight excluding hydrogens is 340 g/mol. The van der Waals surface area contributed by atoms with Gasteiger partial charge in [-0.05, 0) is 36.4 Å². The number of anilines is 1. The predicted molar refractivity (Wildman–Crippen MR) is 104 cm³/mol. The van der Waals surface area contributed by atoms with Gasteiger partial charge in [0.1, 0.15) is 12.4 Å². The summed E-state index contributed by atoms with van der Waals surface area (Å²) < 4.78 is 7.68. The van der Waals surface area contributed by atoms with E-state index in [0.29, 0.717) is 18.2 Å². The average molecular weight is 362 g/mol. The van der Waals surface area contributed by atoms with Gasteiger partial charge in [0.25, 0.3) is 5.91 Å². The Morgan fingerprint density at radius 3 is 2.67 bits per heavy atom. The van der Waals surface area contributed by atoms with Crippen molar-refractivity contribution in [3.63, 3.8) is 0 Å². The number of rotatable bonds is 7. The lowest BCUT2D eigenvalue weighted by Crippen LogP contribution is -2.12. The molecule has 1 aliphatic heterocycles. The maximum Gasteiger partial charge on any atom is 0.255 e. The SMILES string of the molecule is Cn1cc(CN2CC2COc2ccc(C(=O)Nc3ccccc3)cc2)cn1. The standard InChI is InChI=1S/C21H22N4O2/c1-24-12-16(11-22-24)13-25-14-19(25)15-27-20-9-7-17(8-10-20)21(26)23-18-5-3-2-4-6-18/h2-12,19H,13-15H2,1H3,(H,23,26). The van der Waals surface area contributed by atoms with E-state index in [9.17, 15) is 4.79 Å². The number of nitrogens with zero attached hydrogens (tertiary/aromatic N) is 3. The molecule has 0 bridgehead atoms. The van der Waals surface area contributed by atoms with E-state index in [4.69, 9.17) is 4.74 Å². The van der Waals surface area contributed by atoms with Gasteiger partial charge in [-0.1, -0.05) is 18.2 Å². The number of aryl methyl sites for hydroxylation is 1. The summed E-state index contributed by atoms with van der Waals surface area (Å²) in [7, 11) is 1.93. The molecule has 0 saturated carbocycles. The Kier molecular flexibility index (Phi) is 4.89. The number of aromatic nitrogens is 2. The van der Waals surface area contributed by atoms with Crippen LogP contribution in [0.4, 0.5) is 5.69 Å². The van der Waals surface area contributed by atoms with Gasteiger partial charge in [-0.25, -0.2) is 0 Å². The monoisotopic (exact) mass is 362 g/mol. The molecule has 6 heteroatoms. The Morgan fingerprint density at radius 1 is 1.19 bits per heavy atom. The first-order chi connectivity index (χ1) is 13.2. The Morgan fingerprint density at radius 2 is 1.96 bits per heavy atom. The highest BCUT2D eigenvalue weighted by Crippen LogP contribution is 2.22. The number of hydrogen-bond donors (Lipinski definition) is 1. The van der Waals surface area contributed by atoms with Crippen molar-refractivity contribution >= 4 is 11.6 Å². The van der Waals surface area contributed by atoms with E-state index < -0.39 is 0 Å². The molecule has 27 heavy (non-hydrogen) atoms. The first-order valence-corrected chi connectivity index (χ1v) is 8.98. The van der Waals surface area contributed by atoms with Crippen LogP contribution in [0.5, 0.6) is 5.75 Å². The van der Waals surface area contributed by atoms with Crippen LogP contribution in [0, 0.1) is 0 Å². The number of carbonyl (C=O) groups excluding carboxylic acids is 1. The lowest BCUT2D eigenvalue weighted by Gasteiger charge is -2.08. The fourth-order valence-corrected chi connectivity index (χ4v) is 2.98. The first-order valence-electron chi connectivity index (χ1n) is 8.98. The number of para-hydroxylation sites is 1. The van der Waals surface area contributed by atoms with Crippen molar-refractivity contribution in [2.45, 2.75) is 12.6 Å². The Hall–Kier alpha value is -3.12. The van der Waals surface area contributed by atoms with E-state index in [0.717, 1.165) is 24.5 Å². The van der Waals surface area contributed by atoms with Crippen LogP contribution in [0.25, 0.3) is 0 Å². The normalized spacial score (nSPS) is 18.1. The molecule has 0 aliphatic carbocycles. The molecule has 4 rings (SSSR count).